The fourth-order valence-electron chi connectivity index (χ4n) is 3.47. The molecule has 4 aromatic rings. The zero-order valence-electron chi connectivity index (χ0n) is 19.0. The molecule has 2 aromatic heterocycles. The van der Waals surface area contributed by atoms with E-state index in [1.165, 1.54) is 12.1 Å². The second-order valence-corrected chi connectivity index (χ2v) is 7.67. The van der Waals surface area contributed by atoms with Crippen LogP contribution >= 0.6 is 0 Å². The maximum Gasteiger partial charge on any atom is 0.226 e. The van der Waals surface area contributed by atoms with E-state index >= 15 is 0 Å². The maximum absolute atomic E-state index is 13.5. The summed E-state index contributed by atoms with van der Waals surface area (Å²) in [7, 11) is 1.60. The van der Waals surface area contributed by atoms with Crippen molar-refractivity contribution in [2.24, 2.45) is 0 Å². The van der Waals surface area contributed by atoms with Crippen molar-refractivity contribution in [3.63, 3.8) is 0 Å². The van der Waals surface area contributed by atoms with E-state index in [2.05, 4.69) is 15.4 Å². The largest absolute Gasteiger partial charge is 0.497 e. The molecule has 7 nitrogen and oxygen atoms in total. The zero-order valence-corrected chi connectivity index (χ0v) is 19.0. The van der Waals surface area contributed by atoms with Gasteiger partial charge in [0.2, 0.25) is 11.8 Å². The number of aryl methyl sites for hydroxylation is 1. The topological polar surface area (TPSA) is 78.3 Å². The van der Waals surface area contributed by atoms with Gasteiger partial charge in [-0.2, -0.15) is 5.10 Å². The Morgan fingerprint density at radius 1 is 1.06 bits per heavy atom. The highest BCUT2D eigenvalue weighted by molar-refractivity contribution is 5.76. The molecule has 0 saturated carbocycles. The number of carbonyl (C=O) groups is 1. The molecule has 0 saturated heterocycles. The van der Waals surface area contributed by atoms with Crippen molar-refractivity contribution in [2.75, 3.05) is 7.11 Å². The number of amides is 1. The second-order valence-electron chi connectivity index (χ2n) is 7.67. The van der Waals surface area contributed by atoms with Crippen LogP contribution in [-0.4, -0.2) is 27.8 Å². The van der Waals surface area contributed by atoms with Crippen LogP contribution in [0.15, 0.2) is 73.1 Å². The molecule has 2 aromatic carbocycles. The molecule has 0 atom stereocenters. The van der Waals surface area contributed by atoms with Gasteiger partial charge in [-0.15, -0.1) is 0 Å². The lowest BCUT2D eigenvalue weighted by Gasteiger charge is -2.12. The predicted molar refractivity (Wildman–Crippen MR) is 126 cm³/mol. The Bertz CT molecular complexity index is 1240. The van der Waals surface area contributed by atoms with Gasteiger partial charge < -0.3 is 14.8 Å². The van der Waals surface area contributed by atoms with Crippen molar-refractivity contribution in [3.8, 4) is 23.1 Å². The van der Waals surface area contributed by atoms with Gasteiger partial charge in [0.1, 0.15) is 17.3 Å². The fraction of sp³-hybridized carbons (Fsp3) is 0.192. The Hall–Kier alpha value is -4.20. The first-order valence-electron chi connectivity index (χ1n) is 10.9. The lowest BCUT2D eigenvalue weighted by molar-refractivity contribution is -0.121. The molecule has 0 aliphatic carbocycles. The number of methoxy groups -OCH3 is 1. The number of hydrogen-bond acceptors (Lipinski definition) is 5. The molecule has 174 valence electrons. The summed E-state index contributed by atoms with van der Waals surface area (Å²) in [6, 6.07) is 16.9. The third-order valence-electron chi connectivity index (χ3n) is 5.30. The summed E-state index contributed by atoms with van der Waals surface area (Å²) in [6.45, 7) is 2.28. The highest BCUT2D eigenvalue weighted by Crippen LogP contribution is 2.32. The van der Waals surface area contributed by atoms with Gasteiger partial charge in [-0.1, -0.05) is 6.07 Å². The first kappa shape index (κ1) is 23.0. The number of carbonyl (C=O) groups excluding carboxylic acids is 1. The van der Waals surface area contributed by atoms with Crippen LogP contribution < -0.4 is 14.8 Å². The SMILES string of the molecule is COc1ccc(Oc2c(CCC(=O)NCc3cccnc3)c(C)nn2-c2ccc(F)cc2)cc1. The third-order valence-corrected chi connectivity index (χ3v) is 5.30. The Kier molecular flexibility index (Phi) is 7.17. The van der Waals surface area contributed by atoms with Crippen LogP contribution in [0.25, 0.3) is 5.69 Å². The molecular weight excluding hydrogens is 435 g/mol. The minimum Gasteiger partial charge on any atom is -0.497 e. The Morgan fingerprint density at radius 2 is 1.79 bits per heavy atom. The summed E-state index contributed by atoms with van der Waals surface area (Å²) < 4.78 is 26.5. The normalized spacial score (nSPS) is 10.7. The van der Waals surface area contributed by atoms with Gasteiger partial charge in [0.15, 0.2) is 0 Å². The van der Waals surface area contributed by atoms with Gasteiger partial charge >= 0.3 is 0 Å². The molecule has 0 bridgehead atoms. The van der Waals surface area contributed by atoms with E-state index in [1.807, 2.05) is 19.1 Å². The molecule has 0 radical (unpaired) electrons. The minimum atomic E-state index is -0.337. The first-order valence-corrected chi connectivity index (χ1v) is 10.9. The van der Waals surface area contributed by atoms with Gasteiger partial charge in [-0.3, -0.25) is 9.78 Å². The third kappa shape index (κ3) is 5.58. The molecular formula is C26H25FN4O3. The number of hydrogen-bond donors (Lipinski definition) is 1. The molecule has 1 N–H and O–H groups in total. The Balaban J connectivity index is 1.56. The summed E-state index contributed by atoms with van der Waals surface area (Å²) in [5.41, 5.74) is 3.12. The fourth-order valence-corrected chi connectivity index (χ4v) is 3.47. The van der Waals surface area contributed by atoms with Crippen molar-refractivity contribution in [1.29, 1.82) is 0 Å². The summed E-state index contributed by atoms with van der Waals surface area (Å²) in [5.74, 6) is 1.35. The number of halogens is 1. The van der Waals surface area contributed by atoms with Crippen molar-refractivity contribution in [1.82, 2.24) is 20.1 Å². The Morgan fingerprint density at radius 3 is 2.47 bits per heavy atom. The number of aromatic nitrogens is 3. The summed E-state index contributed by atoms with van der Waals surface area (Å²) in [6.07, 6.45) is 4.10. The van der Waals surface area contributed by atoms with Crippen LogP contribution in [0.5, 0.6) is 17.4 Å². The summed E-state index contributed by atoms with van der Waals surface area (Å²) in [4.78, 5) is 16.6. The smallest absolute Gasteiger partial charge is 0.226 e. The van der Waals surface area contributed by atoms with Crippen LogP contribution in [-0.2, 0) is 17.8 Å². The zero-order chi connectivity index (χ0) is 23.9. The van der Waals surface area contributed by atoms with Crippen LogP contribution in [0.4, 0.5) is 4.39 Å². The lowest BCUT2D eigenvalue weighted by atomic mass is 10.1. The van der Waals surface area contributed by atoms with Crippen LogP contribution in [0, 0.1) is 12.7 Å². The van der Waals surface area contributed by atoms with Crippen LogP contribution in [0.3, 0.4) is 0 Å². The quantitative estimate of drug-likeness (QED) is 0.390. The number of rotatable bonds is 9. The number of pyridine rings is 1. The van der Waals surface area contributed by atoms with Gasteiger partial charge in [0.05, 0.1) is 18.5 Å². The number of ether oxygens (including phenoxy) is 2. The molecule has 0 aliphatic rings. The van der Waals surface area contributed by atoms with Gasteiger partial charge in [-0.25, -0.2) is 9.07 Å². The highest BCUT2D eigenvalue weighted by Gasteiger charge is 2.20. The van der Waals surface area contributed by atoms with Crippen LogP contribution in [0.1, 0.15) is 23.2 Å². The minimum absolute atomic E-state index is 0.0896. The van der Waals surface area contributed by atoms with Crippen molar-refractivity contribution in [2.45, 2.75) is 26.3 Å². The average molecular weight is 461 g/mol. The summed E-state index contributed by atoms with van der Waals surface area (Å²) in [5, 5.41) is 7.53. The molecule has 8 heteroatoms. The lowest BCUT2D eigenvalue weighted by Crippen LogP contribution is -2.23. The van der Waals surface area contributed by atoms with Gasteiger partial charge in [0, 0.05) is 30.9 Å². The van der Waals surface area contributed by atoms with E-state index in [9.17, 15) is 9.18 Å². The molecule has 34 heavy (non-hydrogen) atoms. The number of nitrogens with zero attached hydrogens (tertiary/aromatic N) is 3. The van der Waals surface area contributed by atoms with E-state index in [4.69, 9.17) is 9.47 Å². The molecule has 2 heterocycles. The van der Waals surface area contributed by atoms with Gasteiger partial charge in [0.25, 0.3) is 0 Å². The van der Waals surface area contributed by atoms with E-state index < -0.39 is 0 Å². The maximum atomic E-state index is 13.5. The summed E-state index contributed by atoms with van der Waals surface area (Å²) >= 11 is 0. The standard InChI is InChI=1S/C26H25FN4O3/c1-18-24(13-14-25(32)29-17-19-4-3-15-28-16-19)26(34-23-11-9-22(33-2)10-12-23)31(30-18)21-7-5-20(27)6-8-21/h3-12,15-16H,13-14,17H2,1-2H3,(H,29,32). The van der Waals surface area contributed by atoms with E-state index in [0.29, 0.717) is 36.0 Å². The molecule has 0 fully saturated rings. The van der Waals surface area contributed by atoms with E-state index in [0.717, 1.165) is 16.8 Å². The number of benzene rings is 2. The molecule has 1 amide bonds. The monoisotopic (exact) mass is 460 g/mol. The highest BCUT2D eigenvalue weighted by atomic mass is 19.1. The van der Waals surface area contributed by atoms with Crippen molar-refractivity contribution >= 4 is 5.91 Å². The molecule has 4 rings (SSSR count). The second kappa shape index (κ2) is 10.6. The van der Waals surface area contributed by atoms with Crippen LogP contribution in [0.2, 0.25) is 0 Å². The van der Waals surface area contributed by atoms with E-state index in [-0.39, 0.29) is 18.1 Å². The van der Waals surface area contributed by atoms with E-state index in [1.54, 1.807) is 60.6 Å². The van der Waals surface area contributed by atoms with Gasteiger partial charge in [-0.05, 0) is 73.5 Å². The van der Waals surface area contributed by atoms with Crippen molar-refractivity contribution in [3.05, 3.63) is 95.7 Å². The average Bonchev–Trinajstić information content (AvgIpc) is 3.17. The number of nitrogens with one attached hydrogen (secondary N) is 1. The molecule has 0 spiro atoms. The first-order chi connectivity index (χ1) is 16.5. The predicted octanol–water partition coefficient (Wildman–Crippen LogP) is 4.76. The molecule has 0 unspecified atom stereocenters. The molecule has 0 aliphatic heterocycles. The Labute approximate surface area is 197 Å². The van der Waals surface area contributed by atoms with Crippen molar-refractivity contribution < 1.29 is 18.7 Å².